The fourth-order valence-electron chi connectivity index (χ4n) is 4.93. The number of hydrogen-bond acceptors (Lipinski definition) is 4. The number of aromatic nitrogens is 1. The summed E-state index contributed by atoms with van der Waals surface area (Å²) in [6.45, 7) is 11.6. The Bertz CT molecular complexity index is 1420. The van der Waals surface area contributed by atoms with Gasteiger partial charge in [-0.25, -0.2) is 13.2 Å². The van der Waals surface area contributed by atoms with Crippen LogP contribution in [-0.4, -0.2) is 42.0 Å². The predicted molar refractivity (Wildman–Crippen MR) is 140 cm³/mol. The quantitative estimate of drug-likeness (QED) is 0.453. The summed E-state index contributed by atoms with van der Waals surface area (Å²) >= 11 is 6.16. The van der Waals surface area contributed by atoms with Crippen molar-refractivity contribution in [3.8, 4) is 11.1 Å². The number of carbonyl (C=O) groups is 1. The van der Waals surface area contributed by atoms with Gasteiger partial charge in [0.2, 0.25) is 10.0 Å². The number of anilines is 1. The maximum atomic E-state index is 13.2. The molecule has 4 rings (SSSR count). The first kappa shape index (κ1) is 25.5. The lowest BCUT2D eigenvalue weighted by atomic mass is 9.87. The Kier molecular flexibility index (Phi) is 6.45. The maximum absolute atomic E-state index is 13.2. The zero-order chi connectivity index (χ0) is 25.9. The van der Waals surface area contributed by atoms with Crippen LogP contribution in [0.2, 0.25) is 5.02 Å². The molecule has 9 heteroatoms. The highest BCUT2D eigenvalue weighted by atomic mass is 35.5. The molecule has 1 atom stereocenters. The molecule has 0 saturated carbocycles. The number of nitrogens with zero attached hydrogens (tertiary/aromatic N) is 2. The molecule has 1 aliphatic heterocycles. The van der Waals surface area contributed by atoms with Crippen molar-refractivity contribution in [3.05, 3.63) is 52.2 Å². The number of benzene rings is 2. The van der Waals surface area contributed by atoms with Gasteiger partial charge in [-0.2, -0.15) is 0 Å². The lowest BCUT2D eigenvalue weighted by Crippen LogP contribution is -2.39. The molecule has 0 saturated heterocycles. The number of carboxylic acids is 1. The average molecular weight is 519 g/mol. The van der Waals surface area contributed by atoms with Crippen LogP contribution < -0.4 is 4.31 Å². The van der Waals surface area contributed by atoms with E-state index in [1.165, 1.54) is 4.31 Å². The van der Waals surface area contributed by atoms with E-state index in [2.05, 4.69) is 4.57 Å². The number of hydrogen-bond donors (Lipinski definition) is 1. The SMILES string of the molecule is CCS(=O)(=O)N1CCn2c(C)cc3c(-c4ccc(Cl)cc4)c(C(OC(C)(C)C)C(=O)O)c(C)c1c32. The fraction of sp³-hybridized carbons (Fsp3) is 0.423. The Morgan fingerprint density at radius 2 is 1.80 bits per heavy atom. The summed E-state index contributed by atoms with van der Waals surface area (Å²) in [6, 6.07) is 9.24. The highest BCUT2D eigenvalue weighted by Gasteiger charge is 2.38. The minimum atomic E-state index is -3.59. The van der Waals surface area contributed by atoms with Crippen molar-refractivity contribution in [1.29, 1.82) is 0 Å². The number of aryl methyl sites for hydroxylation is 1. The molecule has 0 aliphatic carbocycles. The second-order valence-corrected chi connectivity index (χ2v) is 12.5. The topological polar surface area (TPSA) is 88.8 Å². The number of carboxylic acid groups (broad SMARTS) is 1. The van der Waals surface area contributed by atoms with Crippen LogP contribution in [-0.2, 0) is 26.1 Å². The molecule has 2 heterocycles. The van der Waals surface area contributed by atoms with Gasteiger partial charge < -0.3 is 14.4 Å². The van der Waals surface area contributed by atoms with Crippen LogP contribution in [0.1, 0.15) is 50.6 Å². The van der Waals surface area contributed by atoms with E-state index in [1.807, 2.05) is 25.1 Å². The molecule has 1 aliphatic rings. The van der Waals surface area contributed by atoms with Gasteiger partial charge in [0.05, 0.1) is 29.1 Å². The smallest absolute Gasteiger partial charge is 0.337 e. The van der Waals surface area contributed by atoms with Gasteiger partial charge in [-0.3, -0.25) is 4.31 Å². The number of aliphatic carboxylic acids is 1. The molecule has 0 fully saturated rings. The first-order valence-corrected chi connectivity index (χ1v) is 13.6. The molecule has 35 heavy (non-hydrogen) atoms. The van der Waals surface area contributed by atoms with Crippen LogP contribution >= 0.6 is 11.6 Å². The number of halogens is 1. The predicted octanol–water partition coefficient (Wildman–Crippen LogP) is 5.69. The summed E-state index contributed by atoms with van der Waals surface area (Å²) in [7, 11) is -3.59. The normalized spacial score (nSPS) is 15.0. The van der Waals surface area contributed by atoms with Crippen LogP contribution in [0, 0.1) is 13.8 Å². The standard InChI is InChI=1S/C26H31ClN2O5S/c1-7-35(32,33)29-13-12-28-15(2)14-19-21(17-8-10-18(27)11-9-17)20(16(3)22(29)23(19)28)24(25(30)31)34-26(4,5)6/h8-11,14,24H,7,12-13H2,1-6H3,(H,30,31). The Morgan fingerprint density at radius 3 is 2.34 bits per heavy atom. The Labute approximate surface area is 211 Å². The summed E-state index contributed by atoms with van der Waals surface area (Å²) in [6.07, 6.45) is -1.31. The van der Waals surface area contributed by atoms with Crippen molar-refractivity contribution in [2.24, 2.45) is 0 Å². The second kappa shape index (κ2) is 8.84. The monoisotopic (exact) mass is 518 g/mol. The third-order valence-electron chi connectivity index (χ3n) is 6.39. The van der Waals surface area contributed by atoms with Crippen molar-refractivity contribution in [2.45, 2.75) is 59.8 Å². The molecule has 0 amide bonds. The summed E-state index contributed by atoms with van der Waals surface area (Å²) in [5.74, 6) is -1.19. The molecule has 188 valence electrons. The Hall–Kier alpha value is -2.55. The average Bonchev–Trinajstić information content (AvgIpc) is 3.11. The van der Waals surface area contributed by atoms with Crippen LogP contribution in [0.4, 0.5) is 5.69 Å². The number of sulfonamides is 1. The van der Waals surface area contributed by atoms with E-state index in [-0.39, 0.29) is 12.3 Å². The summed E-state index contributed by atoms with van der Waals surface area (Å²) in [5.41, 5.74) is 4.07. The molecular formula is C26H31ClN2O5S. The summed E-state index contributed by atoms with van der Waals surface area (Å²) in [5, 5.41) is 11.7. The fourth-order valence-corrected chi connectivity index (χ4v) is 6.23. The summed E-state index contributed by atoms with van der Waals surface area (Å²) in [4.78, 5) is 12.6. The Morgan fingerprint density at radius 1 is 1.17 bits per heavy atom. The zero-order valence-electron chi connectivity index (χ0n) is 20.8. The van der Waals surface area contributed by atoms with E-state index in [0.717, 1.165) is 22.2 Å². The van der Waals surface area contributed by atoms with E-state index in [4.69, 9.17) is 16.3 Å². The molecule has 1 unspecified atom stereocenters. The highest BCUT2D eigenvalue weighted by Crippen LogP contribution is 2.48. The molecule has 2 aromatic carbocycles. The zero-order valence-corrected chi connectivity index (χ0v) is 22.4. The van der Waals surface area contributed by atoms with E-state index < -0.39 is 27.7 Å². The van der Waals surface area contributed by atoms with Gasteiger partial charge in [0.15, 0.2) is 6.10 Å². The third kappa shape index (κ3) is 4.43. The number of ether oxygens (including phenoxy) is 1. The first-order chi connectivity index (χ1) is 16.3. The molecule has 1 N–H and O–H groups in total. The molecule has 0 radical (unpaired) electrons. The van der Waals surface area contributed by atoms with Gasteiger partial charge in [-0.15, -0.1) is 0 Å². The minimum absolute atomic E-state index is 0.0528. The molecule has 1 aromatic heterocycles. The van der Waals surface area contributed by atoms with Gasteiger partial charge in [0.1, 0.15) is 0 Å². The van der Waals surface area contributed by atoms with Crippen LogP contribution in [0.3, 0.4) is 0 Å². The van der Waals surface area contributed by atoms with Gasteiger partial charge in [-0.1, -0.05) is 23.7 Å². The Balaban J connectivity index is 2.20. The summed E-state index contributed by atoms with van der Waals surface area (Å²) < 4.78 is 36.0. The molecule has 0 spiro atoms. The van der Waals surface area contributed by atoms with Crippen LogP contribution in [0.5, 0.6) is 0 Å². The molecule has 0 bridgehead atoms. The van der Waals surface area contributed by atoms with E-state index in [0.29, 0.717) is 33.9 Å². The molecular weight excluding hydrogens is 488 g/mol. The minimum Gasteiger partial charge on any atom is -0.479 e. The van der Waals surface area contributed by atoms with Crippen molar-refractivity contribution >= 4 is 44.2 Å². The van der Waals surface area contributed by atoms with E-state index >= 15 is 0 Å². The van der Waals surface area contributed by atoms with E-state index in [1.54, 1.807) is 46.8 Å². The van der Waals surface area contributed by atoms with Gasteiger partial charge >= 0.3 is 5.97 Å². The first-order valence-electron chi connectivity index (χ1n) is 11.6. The maximum Gasteiger partial charge on any atom is 0.337 e. The van der Waals surface area contributed by atoms with Crippen molar-refractivity contribution in [1.82, 2.24) is 4.57 Å². The van der Waals surface area contributed by atoms with Gasteiger partial charge in [0, 0.05) is 28.2 Å². The lowest BCUT2D eigenvalue weighted by molar-refractivity contribution is -0.160. The van der Waals surface area contributed by atoms with Crippen molar-refractivity contribution in [2.75, 3.05) is 16.6 Å². The second-order valence-electron chi connectivity index (χ2n) is 9.89. The molecule has 3 aromatic rings. The molecule has 7 nitrogen and oxygen atoms in total. The van der Waals surface area contributed by atoms with E-state index in [9.17, 15) is 18.3 Å². The van der Waals surface area contributed by atoms with Crippen molar-refractivity contribution in [3.63, 3.8) is 0 Å². The van der Waals surface area contributed by atoms with Crippen LogP contribution in [0.15, 0.2) is 30.3 Å². The lowest BCUT2D eigenvalue weighted by Gasteiger charge is -2.35. The number of rotatable bonds is 6. The van der Waals surface area contributed by atoms with Gasteiger partial charge in [0.25, 0.3) is 0 Å². The van der Waals surface area contributed by atoms with Gasteiger partial charge in [-0.05, 0) is 76.4 Å². The van der Waals surface area contributed by atoms with Crippen molar-refractivity contribution < 1.29 is 23.1 Å². The largest absolute Gasteiger partial charge is 0.479 e. The third-order valence-corrected chi connectivity index (χ3v) is 8.41. The highest BCUT2D eigenvalue weighted by molar-refractivity contribution is 7.92. The van der Waals surface area contributed by atoms with Crippen LogP contribution in [0.25, 0.3) is 22.0 Å².